The Morgan fingerprint density at radius 3 is 2.59 bits per heavy atom. The lowest BCUT2D eigenvalue weighted by Gasteiger charge is -2.40. The molecule has 7 rings (SSSR count). The number of nitro benzene ring substituents is 1. The Hall–Kier alpha value is -4.56. The maximum Gasteiger partial charge on any atom is 0.293 e. The molecule has 3 aliphatic rings. The first kappa shape index (κ1) is 46.4. The highest BCUT2D eigenvalue weighted by Crippen LogP contribution is 2.43. The molecule has 63 heavy (non-hydrogen) atoms. The number of sulfonamides is 1. The van der Waals surface area contributed by atoms with E-state index in [4.69, 9.17) is 14.2 Å². The molecule has 0 spiro atoms. The van der Waals surface area contributed by atoms with Crippen molar-refractivity contribution in [3.05, 3.63) is 99.9 Å². The van der Waals surface area contributed by atoms with Gasteiger partial charge in [0.1, 0.15) is 22.8 Å². The normalized spacial score (nSPS) is 19.0. The fraction of sp³-hybridized carbons (Fsp3) is 0.478. The number of piperazine rings is 1. The molecular formula is C46H58IN7O8S. The van der Waals surface area contributed by atoms with Crippen molar-refractivity contribution in [2.45, 2.75) is 71.3 Å². The van der Waals surface area contributed by atoms with E-state index in [2.05, 4.69) is 88.9 Å². The molecule has 15 nitrogen and oxygen atoms in total. The zero-order valence-corrected chi connectivity index (χ0v) is 39.7. The van der Waals surface area contributed by atoms with Crippen LogP contribution in [0.15, 0.2) is 89.1 Å². The van der Waals surface area contributed by atoms with Crippen LogP contribution < -0.4 is 19.7 Å². The molecule has 1 amide bonds. The Balaban J connectivity index is 1.09. The number of pyridine rings is 1. The predicted octanol–water partition coefficient (Wildman–Crippen LogP) is 8.75. The molecule has 4 aromatic rings. The summed E-state index contributed by atoms with van der Waals surface area (Å²) in [6, 6.07) is 12.2. The Morgan fingerprint density at radius 1 is 1.10 bits per heavy atom. The van der Waals surface area contributed by atoms with Crippen molar-refractivity contribution in [2.75, 3.05) is 69.3 Å². The van der Waals surface area contributed by atoms with Gasteiger partial charge in [-0.05, 0) is 84.9 Å². The van der Waals surface area contributed by atoms with Gasteiger partial charge in [0.2, 0.25) is 0 Å². The van der Waals surface area contributed by atoms with Crippen LogP contribution in [-0.4, -0.2) is 97.1 Å². The van der Waals surface area contributed by atoms with Gasteiger partial charge in [-0.15, -0.1) is 0 Å². The number of hydrogen-bond donors (Lipinski definition) is 2. The third-order valence-corrected chi connectivity index (χ3v) is 14.6. The highest BCUT2D eigenvalue weighted by atomic mass is 127. The van der Waals surface area contributed by atoms with E-state index in [0.29, 0.717) is 37.4 Å². The number of carbonyl (C=O) groups is 1. The van der Waals surface area contributed by atoms with Gasteiger partial charge in [-0.25, -0.2) is 18.1 Å². The SMILES string of the molecule is C=C(CC(C)C(C)C)C1=C(CN2CCN(c3ccc(C(=O)NS(=O)(=O)c4ccc(NC[C@H]5COCCO5)c([N+](=O)[O-])c4)c(Oc4cnc5c(ccn5I)c4)c3)CC2)CCC(C)(C)C1. The second-order valence-corrected chi connectivity index (χ2v) is 20.7. The number of nitrogens with one attached hydrogen (secondary N) is 2. The quantitative estimate of drug-likeness (QED) is 0.0623. The lowest BCUT2D eigenvalue weighted by molar-refractivity contribution is -0.384. The third kappa shape index (κ3) is 11.4. The van der Waals surface area contributed by atoms with Gasteiger partial charge in [-0.1, -0.05) is 52.3 Å². The van der Waals surface area contributed by atoms with Crippen LogP contribution in [0.4, 0.5) is 17.1 Å². The van der Waals surface area contributed by atoms with E-state index in [9.17, 15) is 23.3 Å². The maximum absolute atomic E-state index is 14.0. The van der Waals surface area contributed by atoms with Gasteiger partial charge < -0.3 is 24.4 Å². The first-order valence-electron chi connectivity index (χ1n) is 21.6. The van der Waals surface area contributed by atoms with E-state index in [-0.39, 0.29) is 35.1 Å². The second kappa shape index (κ2) is 19.7. The number of nitrogens with zero attached hydrogens (tertiary/aromatic N) is 5. The molecule has 2 atom stereocenters. The molecule has 4 heterocycles. The molecule has 17 heteroatoms. The van der Waals surface area contributed by atoms with Crippen molar-refractivity contribution in [1.82, 2.24) is 17.4 Å². The molecule has 0 saturated carbocycles. The topological polar surface area (TPSA) is 170 Å². The van der Waals surface area contributed by atoms with E-state index in [0.717, 1.165) is 81.2 Å². The number of rotatable bonds is 16. The molecule has 1 unspecified atom stereocenters. The maximum atomic E-state index is 14.0. The number of fused-ring (bicyclic) bond motifs is 1. The minimum absolute atomic E-state index is 0.0401. The lowest BCUT2D eigenvalue weighted by Crippen LogP contribution is -2.47. The summed E-state index contributed by atoms with van der Waals surface area (Å²) in [6.45, 7) is 21.7. The first-order chi connectivity index (χ1) is 30.0. The van der Waals surface area contributed by atoms with Crippen LogP contribution in [0.3, 0.4) is 0 Å². The van der Waals surface area contributed by atoms with Crippen molar-refractivity contribution in [3.63, 3.8) is 0 Å². The van der Waals surface area contributed by atoms with Crippen LogP contribution in [0.2, 0.25) is 0 Å². The fourth-order valence-corrected chi connectivity index (χ4v) is 9.84. The van der Waals surface area contributed by atoms with Crippen molar-refractivity contribution < 1.29 is 32.3 Å². The molecule has 2 aliphatic heterocycles. The van der Waals surface area contributed by atoms with Gasteiger partial charge in [-0.2, -0.15) is 0 Å². The van der Waals surface area contributed by atoms with Gasteiger partial charge in [-0.3, -0.25) is 22.6 Å². The Bertz CT molecular complexity index is 2490. The number of amides is 1. The van der Waals surface area contributed by atoms with Crippen molar-refractivity contribution >= 4 is 66.9 Å². The molecule has 2 saturated heterocycles. The monoisotopic (exact) mass is 995 g/mol. The van der Waals surface area contributed by atoms with Crippen LogP contribution in [0, 0.1) is 27.4 Å². The molecule has 1 aliphatic carbocycles. The van der Waals surface area contributed by atoms with Gasteiger partial charge in [0, 0.05) is 68.7 Å². The van der Waals surface area contributed by atoms with Crippen LogP contribution in [0.25, 0.3) is 11.0 Å². The molecule has 2 N–H and O–H groups in total. The average Bonchev–Trinajstić information content (AvgIpc) is 3.62. The molecule has 0 bridgehead atoms. The summed E-state index contributed by atoms with van der Waals surface area (Å²) in [7, 11) is -4.58. The van der Waals surface area contributed by atoms with E-state index in [1.807, 2.05) is 15.0 Å². The predicted molar refractivity (Wildman–Crippen MR) is 254 cm³/mol. The molecule has 2 aromatic carbocycles. The number of nitro groups is 1. The standard InChI is InChI=1S/C46H58IN7O8S/c1-30(2)31(3)21-32(4)40-25-46(5,6)13-11-34(40)28-51-15-17-52(18-16-51)35-7-9-39(43(23-35)62-36-22-33-12-14-53(47)44(33)49-26-36)45(55)50-63(58,59)38-8-10-41(42(24-38)54(56)57)48-27-37-29-60-19-20-61-37/h7-10,12,14,22-24,26,30-31,37,48H,4,11,13,15-21,25,27-29H2,1-3,5-6H3,(H,50,55)/t31?,37-/m0/s1. The molecule has 2 fully saturated rings. The van der Waals surface area contributed by atoms with E-state index in [1.165, 1.54) is 28.9 Å². The summed E-state index contributed by atoms with van der Waals surface area (Å²) in [4.78, 5) is 34.2. The van der Waals surface area contributed by atoms with Gasteiger partial charge in [0.25, 0.3) is 21.6 Å². The van der Waals surface area contributed by atoms with Crippen LogP contribution in [0.5, 0.6) is 11.5 Å². The van der Waals surface area contributed by atoms with Crippen LogP contribution in [-0.2, 0) is 19.5 Å². The molecule has 0 radical (unpaired) electrons. The summed E-state index contributed by atoms with van der Waals surface area (Å²) < 4.78 is 48.7. The molecule has 2 aromatic heterocycles. The molecular weight excluding hydrogens is 938 g/mol. The van der Waals surface area contributed by atoms with Crippen molar-refractivity contribution in [1.29, 1.82) is 0 Å². The number of hydrogen-bond acceptors (Lipinski definition) is 12. The summed E-state index contributed by atoms with van der Waals surface area (Å²) in [5, 5.41) is 15.8. The lowest BCUT2D eigenvalue weighted by atomic mass is 9.71. The summed E-state index contributed by atoms with van der Waals surface area (Å²) in [6.07, 6.45) is 7.41. The van der Waals surface area contributed by atoms with Gasteiger partial charge >= 0.3 is 0 Å². The van der Waals surface area contributed by atoms with Crippen molar-refractivity contribution in [2.24, 2.45) is 17.3 Å². The number of anilines is 2. The summed E-state index contributed by atoms with van der Waals surface area (Å²) >= 11 is 2.13. The first-order valence-corrected chi connectivity index (χ1v) is 24.0. The van der Waals surface area contributed by atoms with E-state index < -0.39 is 31.4 Å². The van der Waals surface area contributed by atoms with E-state index in [1.54, 1.807) is 30.5 Å². The molecule has 338 valence electrons. The number of carbonyl (C=O) groups excluding carboxylic acids is 1. The highest BCUT2D eigenvalue weighted by Gasteiger charge is 2.31. The Morgan fingerprint density at radius 2 is 1.87 bits per heavy atom. The zero-order valence-electron chi connectivity index (χ0n) is 36.7. The highest BCUT2D eigenvalue weighted by molar-refractivity contribution is 14.1. The van der Waals surface area contributed by atoms with Gasteiger partial charge in [0.15, 0.2) is 0 Å². The number of allylic oxidation sites excluding steroid dienone is 2. The third-order valence-electron chi connectivity index (χ3n) is 12.5. The zero-order chi connectivity index (χ0) is 45.1. The number of benzene rings is 2. The average molecular weight is 996 g/mol. The van der Waals surface area contributed by atoms with Crippen molar-refractivity contribution in [3.8, 4) is 11.5 Å². The Labute approximate surface area is 383 Å². The largest absolute Gasteiger partial charge is 0.455 e. The summed E-state index contributed by atoms with van der Waals surface area (Å²) in [5.41, 5.74) is 5.65. The fourth-order valence-electron chi connectivity index (χ4n) is 8.29. The number of aromatic nitrogens is 2. The number of halogens is 1. The van der Waals surface area contributed by atoms with Crippen LogP contribution >= 0.6 is 22.9 Å². The second-order valence-electron chi connectivity index (χ2n) is 18.0. The van der Waals surface area contributed by atoms with Gasteiger partial charge in [0.05, 0.1) is 70.4 Å². The summed E-state index contributed by atoms with van der Waals surface area (Å²) in [5.74, 6) is 0.698. The van der Waals surface area contributed by atoms with E-state index >= 15 is 0 Å². The number of ether oxygens (including phenoxy) is 3. The smallest absolute Gasteiger partial charge is 0.293 e. The Kier molecular flexibility index (Phi) is 14.5. The van der Waals surface area contributed by atoms with Crippen LogP contribution in [0.1, 0.15) is 70.7 Å². The minimum Gasteiger partial charge on any atom is -0.455 e. The minimum atomic E-state index is -4.58.